The summed E-state index contributed by atoms with van der Waals surface area (Å²) in [5.74, 6) is 2.53. The number of nitrogens with one attached hydrogen (secondary N) is 2. The Labute approximate surface area is 164 Å². The van der Waals surface area contributed by atoms with Crippen molar-refractivity contribution in [3.63, 3.8) is 0 Å². The van der Waals surface area contributed by atoms with Gasteiger partial charge in [0.05, 0.1) is 6.54 Å². The van der Waals surface area contributed by atoms with Gasteiger partial charge in [-0.05, 0) is 37.3 Å². The summed E-state index contributed by atoms with van der Waals surface area (Å²) in [6.45, 7) is 5.36. The molecule has 0 aliphatic heterocycles. The van der Waals surface area contributed by atoms with Crippen LogP contribution in [-0.2, 0) is 20.1 Å². The summed E-state index contributed by atoms with van der Waals surface area (Å²) in [5.41, 5.74) is 2.54. The number of thioether (sulfide) groups is 1. The Hall–Kier alpha value is -1.29. The van der Waals surface area contributed by atoms with Crippen molar-refractivity contribution in [1.82, 2.24) is 25.4 Å². The highest BCUT2D eigenvalue weighted by atomic mass is 127. The molecule has 24 heavy (non-hydrogen) atoms. The van der Waals surface area contributed by atoms with Crippen LogP contribution in [0, 0.1) is 13.8 Å². The van der Waals surface area contributed by atoms with E-state index in [1.54, 1.807) is 18.8 Å². The minimum Gasteiger partial charge on any atom is -0.352 e. The monoisotopic (exact) mass is 460 g/mol. The van der Waals surface area contributed by atoms with E-state index in [-0.39, 0.29) is 24.0 Å². The molecule has 0 aliphatic rings. The number of guanidine groups is 1. The molecule has 0 spiro atoms. The Morgan fingerprint density at radius 3 is 2.50 bits per heavy atom. The maximum Gasteiger partial charge on any atom is 0.191 e. The fourth-order valence-corrected chi connectivity index (χ4v) is 2.87. The molecular weight excluding hydrogens is 435 g/mol. The van der Waals surface area contributed by atoms with E-state index in [1.165, 1.54) is 16.0 Å². The highest BCUT2D eigenvalue weighted by Crippen LogP contribution is 2.21. The van der Waals surface area contributed by atoms with Crippen LogP contribution in [0.3, 0.4) is 0 Å². The summed E-state index contributed by atoms with van der Waals surface area (Å²) in [7, 11) is 3.72. The van der Waals surface area contributed by atoms with E-state index in [0.717, 1.165) is 24.2 Å². The van der Waals surface area contributed by atoms with Crippen LogP contribution in [-0.4, -0.2) is 34.0 Å². The molecule has 2 aromatic rings. The van der Waals surface area contributed by atoms with Gasteiger partial charge < -0.3 is 15.2 Å². The van der Waals surface area contributed by atoms with Gasteiger partial charge in [-0.3, -0.25) is 4.99 Å². The average Bonchev–Trinajstić information content (AvgIpc) is 2.87. The molecule has 6 nitrogen and oxygen atoms in total. The minimum atomic E-state index is 0. The van der Waals surface area contributed by atoms with E-state index in [4.69, 9.17) is 0 Å². The second-order valence-electron chi connectivity index (χ2n) is 5.32. The predicted molar refractivity (Wildman–Crippen MR) is 111 cm³/mol. The summed E-state index contributed by atoms with van der Waals surface area (Å²) < 4.78 is 1.96. The fraction of sp³-hybridized carbons (Fsp3) is 0.438. The molecule has 0 bridgehead atoms. The molecule has 0 saturated heterocycles. The normalized spacial score (nSPS) is 11.1. The highest BCUT2D eigenvalue weighted by molar-refractivity contribution is 14.0. The second kappa shape index (κ2) is 9.87. The summed E-state index contributed by atoms with van der Waals surface area (Å²) in [6, 6.07) is 6.50. The van der Waals surface area contributed by atoms with E-state index < -0.39 is 0 Å². The molecule has 8 heteroatoms. The zero-order valence-electron chi connectivity index (χ0n) is 14.8. The first-order valence-corrected chi connectivity index (χ1v) is 8.70. The molecule has 0 atom stereocenters. The van der Waals surface area contributed by atoms with Gasteiger partial charge in [-0.2, -0.15) is 0 Å². The van der Waals surface area contributed by atoms with Gasteiger partial charge in [0.15, 0.2) is 11.8 Å². The number of hydrogen-bond acceptors (Lipinski definition) is 4. The first-order chi connectivity index (χ1) is 11.0. The largest absolute Gasteiger partial charge is 0.352 e. The zero-order valence-corrected chi connectivity index (χ0v) is 17.9. The van der Waals surface area contributed by atoms with Gasteiger partial charge in [0.25, 0.3) is 0 Å². The number of hydrogen-bond donors (Lipinski definition) is 2. The van der Waals surface area contributed by atoms with Crippen molar-refractivity contribution in [3.05, 3.63) is 41.0 Å². The highest BCUT2D eigenvalue weighted by Gasteiger charge is 2.07. The maximum atomic E-state index is 4.26. The standard InChI is InChI=1S/C16H24N6S.HI/c1-11-6-7-13(14(8-11)23-5)9-18-16(17-3)19-10-15-21-20-12(2)22(15)4;/h6-8H,9-10H2,1-5H3,(H2,17,18,19);1H. The van der Waals surface area contributed by atoms with E-state index in [2.05, 4.69) is 57.2 Å². The number of aryl methyl sites for hydroxylation is 2. The zero-order chi connectivity index (χ0) is 16.8. The van der Waals surface area contributed by atoms with Gasteiger partial charge in [-0.25, -0.2) is 0 Å². The third-order valence-corrected chi connectivity index (χ3v) is 4.53. The number of nitrogens with zero attached hydrogens (tertiary/aromatic N) is 4. The predicted octanol–water partition coefficient (Wildman–Crippen LogP) is 2.64. The van der Waals surface area contributed by atoms with Crippen molar-refractivity contribution >= 4 is 41.7 Å². The Bertz CT molecular complexity index is 698. The minimum absolute atomic E-state index is 0. The van der Waals surface area contributed by atoms with Crippen molar-refractivity contribution in [2.24, 2.45) is 12.0 Å². The molecule has 132 valence electrons. The van der Waals surface area contributed by atoms with Crippen LogP contribution >= 0.6 is 35.7 Å². The molecule has 2 N–H and O–H groups in total. The van der Waals surface area contributed by atoms with E-state index in [0.29, 0.717) is 6.54 Å². The lowest BCUT2D eigenvalue weighted by molar-refractivity contribution is 0.716. The number of aromatic nitrogens is 3. The molecule has 1 aromatic heterocycles. The SMILES string of the molecule is CN=C(NCc1ccc(C)cc1SC)NCc1nnc(C)n1C.I. The summed E-state index contributed by atoms with van der Waals surface area (Å²) in [4.78, 5) is 5.55. The average molecular weight is 460 g/mol. The van der Waals surface area contributed by atoms with Crippen LogP contribution in [0.5, 0.6) is 0 Å². The molecule has 0 aliphatic carbocycles. The smallest absolute Gasteiger partial charge is 0.191 e. The summed E-state index contributed by atoms with van der Waals surface area (Å²) >= 11 is 1.76. The van der Waals surface area contributed by atoms with Crippen LogP contribution < -0.4 is 10.6 Å². The molecule has 2 rings (SSSR count). The summed E-state index contributed by atoms with van der Waals surface area (Å²) in [5, 5.41) is 14.8. The van der Waals surface area contributed by atoms with E-state index in [1.807, 2.05) is 18.5 Å². The molecule has 0 radical (unpaired) electrons. The van der Waals surface area contributed by atoms with Crippen molar-refractivity contribution in [2.75, 3.05) is 13.3 Å². The van der Waals surface area contributed by atoms with Gasteiger partial charge in [0.1, 0.15) is 5.82 Å². The fourth-order valence-electron chi connectivity index (χ4n) is 2.17. The lowest BCUT2D eigenvalue weighted by Gasteiger charge is -2.14. The van der Waals surface area contributed by atoms with Crippen LogP contribution in [0.2, 0.25) is 0 Å². The van der Waals surface area contributed by atoms with Crippen LogP contribution in [0.1, 0.15) is 22.8 Å². The molecule has 1 aromatic carbocycles. The first-order valence-electron chi connectivity index (χ1n) is 7.48. The van der Waals surface area contributed by atoms with E-state index >= 15 is 0 Å². The lowest BCUT2D eigenvalue weighted by Crippen LogP contribution is -2.37. The maximum absolute atomic E-state index is 4.26. The Morgan fingerprint density at radius 2 is 1.92 bits per heavy atom. The molecule has 0 saturated carbocycles. The lowest BCUT2D eigenvalue weighted by atomic mass is 10.1. The van der Waals surface area contributed by atoms with Gasteiger partial charge in [0, 0.05) is 25.5 Å². The topological polar surface area (TPSA) is 67.1 Å². The van der Waals surface area contributed by atoms with Gasteiger partial charge in [-0.15, -0.1) is 45.9 Å². The number of rotatable bonds is 5. The molecule has 1 heterocycles. The Morgan fingerprint density at radius 1 is 1.21 bits per heavy atom. The van der Waals surface area contributed by atoms with Crippen molar-refractivity contribution in [1.29, 1.82) is 0 Å². The van der Waals surface area contributed by atoms with Gasteiger partial charge >= 0.3 is 0 Å². The second-order valence-corrected chi connectivity index (χ2v) is 6.17. The first kappa shape index (κ1) is 20.8. The van der Waals surface area contributed by atoms with Crippen LogP contribution in [0.15, 0.2) is 28.1 Å². The number of benzene rings is 1. The molecular formula is C16H25IN6S. The quantitative estimate of drug-likeness (QED) is 0.311. The Kier molecular flexibility index (Phi) is 8.54. The third-order valence-electron chi connectivity index (χ3n) is 3.71. The third kappa shape index (κ3) is 5.37. The summed E-state index contributed by atoms with van der Waals surface area (Å²) in [6.07, 6.45) is 2.10. The Balaban J connectivity index is 0.00000288. The van der Waals surface area contributed by atoms with Crippen molar-refractivity contribution < 1.29 is 0 Å². The van der Waals surface area contributed by atoms with Crippen molar-refractivity contribution in [3.8, 4) is 0 Å². The van der Waals surface area contributed by atoms with Crippen LogP contribution in [0.4, 0.5) is 0 Å². The number of halogens is 1. The molecule has 0 amide bonds. The molecule has 0 unspecified atom stereocenters. The van der Waals surface area contributed by atoms with Gasteiger partial charge in [-0.1, -0.05) is 12.1 Å². The van der Waals surface area contributed by atoms with Crippen LogP contribution in [0.25, 0.3) is 0 Å². The van der Waals surface area contributed by atoms with E-state index in [9.17, 15) is 0 Å². The van der Waals surface area contributed by atoms with Crippen molar-refractivity contribution in [2.45, 2.75) is 31.8 Å². The molecule has 0 fully saturated rings. The van der Waals surface area contributed by atoms with Gasteiger partial charge in [0.2, 0.25) is 0 Å². The number of aliphatic imine (C=N–C) groups is 1.